The molecule has 9 nitrogen and oxygen atoms in total. The van der Waals surface area contributed by atoms with Crippen molar-refractivity contribution in [1.29, 1.82) is 0 Å². The minimum atomic E-state index is -0.0155. The van der Waals surface area contributed by atoms with Crippen molar-refractivity contribution in [2.24, 2.45) is 15.0 Å². The Bertz CT molecular complexity index is 719. The van der Waals surface area contributed by atoms with Crippen molar-refractivity contribution < 1.29 is 49.5 Å². The molecule has 294 valence electrons. The number of nitrogens with zero attached hydrogens (tertiary/aromatic N) is 9. The molecule has 0 radical (unpaired) electrons. The fourth-order valence-corrected chi connectivity index (χ4v) is 3.61. The summed E-state index contributed by atoms with van der Waals surface area (Å²) in [4.78, 5) is 20.1. The molecular weight excluding hydrogens is 723 g/mol. The summed E-state index contributed by atoms with van der Waals surface area (Å²) >= 11 is 0. The predicted molar refractivity (Wildman–Crippen MR) is 202 cm³/mol. The number of likely N-dealkylation sites (N-methyl/N-ethyl adjacent to an activating group) is 3. The zero-order valence-electron chi connectivity index (χ0n) is 33.4. The smallest absolute Gasteiger partial charge is 0.00597 e. The van der Waals surface area contributed by atoms with Gasteiger partial charge in [0, 0.05) is 55.5 Å². The zero-order chi connectivity index (χ0) is 34.8. The molecule has 0 saturated heterocycles. The van der Waals surface area contributed by atoms with E-state index in [0.29, 0.717) is 12.1 Å². The van der Waals surface area contributed by atoms with Crippen LogP contribution < -0.4 is 0 Å². The van der Waals surface area contributed by atoms with E-state index in [-0.39, 0.29) is 66.1 Å². The van der Waals surface area contributed by atoms with Gasteiger partial charge in [-0.3, -0.25) is 0 Å². The number of rotatable bonds is 18. The first-order valence-electron chi connectivity index (χ1n) is 17.1. The van der Waals surface area contributed by atoms with E-state index in [0.717, 1.165) is 65.4 Å². The van der Waals surface area contributed by atoms with Gasteiger partial charge in [0.05, 0.1) is 0 Å². The monoisotopic (exact) mass is 796 g/mol. The van der Waals surface area contributed by atoms with Crippen LogP contribution in [-0.2, 0) is 49.5 Å². The summed E-state index contributed by atoms with van der Waals surface area (Å²) in [6.45, 7) is 46.4. The molecule has 0 heterocycles. The molecule has 2 unspecified atom stereocenters. The second-order valence-electron chi connectivity index (χ2n) is 14.1. The van der Waals surface area contributed by atoms with E-state index in [4.69, 9.17) is 0 Å². The van der Waals surface area contributed by atoms with Gasteiger partial charge in [0.1, 0.15) is 0 Å². The number of hydrogen-bond donors (Lipinski definition) is 0. The molecule has 0 rings (SSSR count). The molecule has 0 aromatic heterocycles. The molecule has 47 heavy (non-hydrogen) atoms. The van der Waals surface area contributed by atoms with Gasteiger partial charge in [0.15, 0.2) is 0 Å². The summed E-state index contributed by atoms with van der Waals surface area (Å²) in [5.74, 6) is 0. The van der Waals surface area contributed by atoms with E-state index in [1.54, 1.807) is 19.0 Å². The van der Waals surface area contributed by atoms with Gasteiger partial charge in [0.25, 0.3) is 0 Å². The minimum Gasteiger partial charge on any atom is -0.471 e. The fourth-order valence-electron chi connectivity index (χ4n) is 3.61. The maximum absolute atomic E-state index is 4.41. The Morgan fingerprint density at radius 1 is 0.553 bits per heavy atom. The van der Waals surface area contributed by atoms with Gasteiger partial charge in [-0.2, -0.15) is 0 Å². The topological polar surface area (TPSA) is 89.1 Å². The molecule has 12 heteroatoms. The molecule has 0 N–H and O–H groups in total. The van der Waals surface area contributed by atoms with Crippen molar-refractivity contribution in [2.75, 3.05) is 65.4 Å². The van der Waals surface area contributed by atoms with E-state index in [2.05, 4.69) is 163 Å². The first-order valence-corrected chi connectivity index (χ1v) is 17.1. The third kappa shape index (κ3) is 45.8. The molecule has 0 fully saturated rings. The van der Waals surface area contributed by atoms with Crippen LogP contribution in [0, 0.1) is 0 Å². The minimum absolute atomic E-state index is 0. The van der Waals surface area contributed by atoms with Crippen LogP contribution in [0.5, 0.6) is 0 Å². The molecule has 0 aliphatic carbocycles. The Balaban J connectivity index is -0.000000130. The Morgan fingerprint density at radius 2 is 0.936 bits per heavy atom. The summed E-state index contributed by atoms with van der Waals surface area (Å²) in [7, 11) is 0. The summed E-state index contributed by atoms with van der Waals surface area (Å²) in [5.41, 5.74) is -0.0287. The molecule has 0 bridgehead atoms. The molecule has 0 aromatic carbocycles. The molecule has 0 spiro atoms. The predicted octanol–water partition coefficient (Wildman–Crippen LogP) is 8.36. The van der Waals surface area contributed by atoms with Crippen molar-refractivity contribution in [3.05, 3.63) is 16.0 Å². The van der Waals surface area contributed by atoms with Gasteiger partial charge in [-0.25, -0.2) is 0 Å². The molecule has 0 aromatic rings. The Labute approximate surface area is 324 Å². The maximum Gasteiger partial charge on any atom is 0.00597 e. The van der Waals surface area contributed by atoms with Gasteiger partial charge in [-0.1, -0.05) is 111 Å². The third-order valence-electron chi connectivity index (χ3n) is 6.48. The summed E-state index contributed by atoms with van der Waals surface area (Å²) in [6, 6.07) is 0.836. The fraction of sp³-hybridized carbons (Fsp3) is 0.914. The van der Waals surface area contributed by atoms with Crippen LogP contribution in [-0.4, -0.2) is 128 Å². The van der Waals surface area contributed by atoms with Gasteiger partial charge in [-0.15, -0.1) is 19.0 Å². The van der Waals surface area contributed by atoms with Crippen LogP contribution in [0.2, 0.25) is 0 Å². The van der Waals surface area contributed by atoms with E-state index < -0.39 is 0 Å². The zero-order valence-corrected chi connectivity index (χ0v) is 36.4. The number of aliphatic imine (C=N–C) groups is 3. The van der Waals surface area contributed by atoms with Crippen LogP contribution in [0.3, 0.4) is 0 Å². The van der Waals surface area contributed by atoms with Crippen LogP contribution in [0.25, 0.3) is 16.0 Å². The molecule has 0 aliphatic rings. The van der Waals surface area contributed by atoms with Crippen LogP contribution in [0.15, 0.2) is 15.0 Å². The van der Waals surface area contributed by atoms with E-state index in [1.807, 2.05) is 0 Å². The first-order chi connectivity index (χ1) is 20.3. The summed E-state index contributed by atoms with van der Waals surface area (Å²) in [5, 5.41) is 13.0. The molecular formula is C35H76N9Ni3-3. The quantitative estimate of drug-likeness (QED) is 0.0605. The third-order valence-corrected chi connectivity index (χ3v) is 6.48. The van der Waals surface area contributed by atoms with Crippen molar-refractivity contribution in [3.63, 3.8) is 0 Å². The second kappa shape index (κ2) is 34.2. The largest absolute Gasteiger partial charge is 0.471 e. The van der Waals surface area contributed by atoms with Crippen LogP contribution in [0.4, 0.5) is 0 Å². The van der Waals surface area contributed by atoms with Gasteiger partial charge in [-0.05, 0) is 95.0 Å². The maximum atomic E-state index is 4.41. The second-order valence-corrected chi connectivity index (χ2v) is 14.1. The van der Waals surface area contributed by atoms with E-state index >= 15 is 0 Å². The Morgan fingerprint density at radius 3 is 1.30 bits per heavy atom. The average molecular weight is 799 g/mol. The van der Waals surface area contributed by atoms with Crippen LogP contribution in [0.1, 0.15) is 118 Å². The summed E-state index contributed by atoms with van der Waals surface area (Å²) < 4.78 is 0. The van der Waals surface area contributed by atoms with E-state index in [9.17, 15) is 0 Å². The standard InChI is InChI=1S/2C12H26N3.C11H24N3.3Ni/c1-7-15(8-2)9-11(3)13-10-14-12(4,5)6;1-7-15(8-2)11(3)9-13-10-14-12(4,5)6;1-6-14(7-2)9-8-12-10-13-11(3,4)5;;;/h2*10-11H,7-9H2,1-6H3;10H,6-9H2,1-5H3;;;/q3*-1;;;. The van der Waals surface area contributed by atoms with E-state index in [1.165, 1.54) is 0 Å². The van der Waals surface area contributed by atoms with Crippen molar-refractivity contribution in [2.45, 2.75) is 146 Å². The first kappa shape index (κ1) is 58.9. The van der Waals surface area contributed by atoms with Crippen molar-refractivity contribution >= 4 is 19.0 Å². The molecule has 0 amide bonds. The van der Waals surface area contributed by atoms with Crippen LogP contribution >= 0.6 is 0 Å². The van der Waals surface area contributed by atoms with Crippen molar-refractivity contribution in [3.8, 4) is 0 Å². The molecule has 0 aliphatic heterocycles. The van der Waals surface area contributed by atoms with Gasteiger partial charge in [0.2, 0.25) is 0 Å². The average Bonchev–Trinajstić information content (AvgIpc) is 2.91. The molecule has 0 saturated carbocycles. The Hall–Kier alpha value is -0.229. The van der Waals surface area contributed by atoms with Gasteiger partial charge < -0.3 is 45.6 Å². The SMILES string of the molecule is CCN(CC)C(C)C[N-]C=NC(C)(C)C.CCN(CC)CC(C)[N-]C=NC(C)(C)C.CCN(CC)CC[N-]C=NC(C)(C)C.[Ni].[Ni].[Ni]. The Kier molecular flexibility index (Phi) is 42.9. The molecule has 2 atom stereocenters. The normalized spacial score (nSPS) is 13.3. The summed E-state index contributed by atoms with van der Waals surface area (Å²) in [6.07, 6.45) is 5.12. The van der Waals surface area contributed by atoms with Gasteiger partial charge >= 0.3 is 0 Å². The number of hydrogen-bond acceptors (Lipinski definition) is 6. The van der Waals surface area contributed by atoms with Crippen molar-refractivity contribution in [1.82, 2.24) is 14.7 Å².